The van der Waals surface area contributed by atoms with Crippen LogP contribution in [0.15, 0.2) is 18.2 Å². The van der Waals surface area contributed by atoms with E-state index < -0.39 is 0 Å². The third kappa shape index (κ3) is 2.88. The van der Waals surface area contributed by atoms with E-state index in [1.165, 1.54) is 5.56 Å². The number of hydrogen-bond donors (Lipinski definition) is 1. The molecule has 16 heavy (non-hydrogen) atoms. The molecule has 1 aliphatic rings. The maximum atomic E-state index is 5.44. The average Bonchev–Trinajstić information content (AvgIpc) is 2.31. The van der Waals surface area contributed by atoms with Crippen LogP contribution in [-0.4, -0.2) is 26.9 Å². The Morgan fingerprint density at radius 3 is 2.88 bits per heavy atom. The van der Waals surface area contributed by atoms with Gasteiger partial charge in [-0.2, -0.15) is 0 Å². The first-order chi connectivity index (χ1) is 7.31. The molecule has 0 spiro atoms. The highest BCUT2D eigenvalue weighted by atomic mass is 35.5. The number of rotatable bonds is 2. The van der Waals surface area contributed by atoms with E-state index in [1.807, 2.05) is 6.92 Å². The molecular formula is C12H18ClNO2. The first-order valence-corrected chi connectivity index (χ1v) is 5.27. The molecule has 0 unspecified atom stereocenters. The number of methoxy groups -OCH3 is 1. The van der Waals surface area contributed by atoms with E-state index in [2.05, 4.69) is 23.5 Å². The molecule has 1 atom stereocenters. The summed E-state index contributed by atoms with van der Waals surface area (Å²) in [5.41, 5.74) is 2.40. The molecule has 3 nitrogen and oxygen atoms in total. The van der Waals surface area contributed by atoms with Gasteiger partial charge in [0, 0.05) is 6.54 Å². The lowest BCUT2D eigenvalue weighted by Crippen LogP contribution is -2.34. The zero-order valence-electron chi connectivity index (χ0n) is 9.66. The van der Waals surface area contributed by atoms with Gasteiger partial charge in [-0.15, -0.1) is 12.4 Å². The Morgan fingerprint density at radius 1 is 1.44 bits per heavy atom. The number of hydrogen-bond acceptors (Lipinski definition) is 3. The Bertz CT molecular complexity index is 338. The van der Waals surface area contributed by atoms with Gasteiger partial charge in [-0.05, 0) is 24.1 Å². The monoisotopic (exact) mass is 243 g/mol. The molecule has 0 aromatic heterocycles. The fourth-order valence-corrected chi connectivity index (χ4v) is 1.83. The molecule has 1 N–H and O–H groups in total. The van der Waals surface area contributed by atoms with Crippen LogP contribution < -0.4 is 10.1 Å². The Kier molecular flexibility index (Phi) is 5.06. The van der Waals surface area contributed by atoms with Gasteiger partial charge in [-0.25, -0.2) is 0 Å². The quantitative estimate of drug-likeness (QED) is 0.863. The van der Waals surface area contributed by atoms with Crippen LogP contribution in [0.25, 0.3) is 0 Å². The molecule has 1 fully saturated rings. The summed E-state index contributed by atoms with van der Waals surface area (Å²) in [6.45, 7) is 4.51. The van der Waals surface area contributed by atoms with E-state index in [1.54, 1.807) is 7.11 Å². The molecule has 0 radical (unpaired) electrons. The number of morpholine rings is 1. The summed E-state index contributed by atoms with van der Waals surface area (Å²) in [6, 6.07) is 6.60. The lowest BCUT2D eigenvalue weighted by atomic mass is 10.0. The lowest BCUT2D eigenvalue weighted by molar-refractivity contribution is 0.0768. The molecule has 0 aliphatic carbocycles. The Morgan fingerprint density at radius 2 is 2.25 bits per heavy atom. The first kappa shape index (κ1) is 13.3. The minimum absolute atomic E-state index is 0. The molecule has 0 amide bonds. The summed E-state index contributed by atoms with van der Waals surface area (Å²) >= 11 is 0. The molecular weight excluding hydrogens is 226 g/mol. The van der Waals surface area contributed by atoms with Crippen LogP contribution in [-0.2, 0) is 4.74 Å². The Labute approximate surface area is 103 Å². The van der Waals surface area contributed by atoms with Gasteiger partial charge in [0.15, 0.2) is 0 Å². The number of aryl methyl sites for hydroxylation is 1. The predicted molar refractivity (Wildman–Crippen MR) is 66.5 cm³/mol. The number of ether oxygens (including phenoxy) is 2. The smallest absolute Gasteiger partial charge is 0.122 e. The Hall–Kier alpha value is -0.770. The second-order valence-electron chi connectivity index (χ2n) is 3.81. The van der Waals surface area contributed by atoms with Gasteiger partial charge >= 0.3 is 0 Å². The van der Waals surface area contributed by atoms with Crippen LogP contribution in [0.4, 0.5) is 0 Å². The lowest BCUT2D eigenvalue weighted by Gasteiger charge is -2.24. The molecule has 0 bridgehead atoms. The second kappa shape index (κ2) is 6.09. The van der Waals surface area contributed by atoms with Crippen LogP contribution in [0.5, 0.6) is 5.75 Å². The van der Waals surface area contributed by atoms with Crippen molar-refractivity contribution in [1.82, 2.24) is 5.32 Å². The largest absolute Gasteiger partial charge is 0.496 e. The predicted octanol–water partition coefficient (Wildman–Crippen LogP) is 2.09. The molecule has 1 aromatic carbocycles. The van der Waals surface area contributed by atoms with Crippen LogP contribution in [0, 0.1) is 6.92 Å². The summed E-state index contributed by atoms with van der Waals surface area (Å²) in [6.07, 6.45) is 0. The van der Waals surface area contributed by atoms with Gasteiger partial charge in [-0.3, -0.25) is 0 Å². The SMILES string of the molecule is COc1cc([C@@H]2COCCN2)ccc1C.Cl. The zero-order chi connectivity index (χ0) is 10.7. The van der Waals surface area contributed by atoms with Crippen molar-refractivity contribution in [2.75, 3.05) is 26.9 Å². The normalized spacial score (nSPS) is 20.0. The van der Waals surface area contributed by atoms with Crippen LogP contribution in [0.1, 0.15) is 17.2 Å². The molecule has 90 valence electrons. The molecule has 1 heterocycles. The fraction of sp³-hybridized carbons (Fsp3) is 0.500. The zero-order valence-corrected chi connectivity index (χ0v) is 10.5. The van der Waals surface area contributed by atoms with Crippen molar-refractivity contribution in [3.05, 3.63) is 29.3 Å². The summed E-state index contributed by atoms with van der Waals surface area (Å²) in [7, 11) is 1.71. The van der Waals surface area contributed by atoms with Gasteiger partial charge in [0.2, 0.25) is 0 Å². The van der Waals surface area contributed by atoms with Crippen molar-refractivity contribution in [1.29, 1.82) is 0 Å². The van der Waals surface area contributed by atoms with E-state index in [4.69, 9.17) is 9.47 Å². The number of halogens is 1. The van der Waals surface area contributed by atoms with Crippen molar-refractivity contribution in [2.45, 2.75) is 13.0 Å². The summed E-state index contributed by atoms with van der Waals surface area (Å²) in [5, 5.41) is 3.43. The Balaban J connectivity index is 0.00000128. The van der Waals surface area contributed by atoms with Crippen molar-refractivity contribution < 1.29 is 9.47 Å². The highest BCUT2D eigenvalue weighted by Crippen LogP contribution is 2.24. The third-order valence-electron chi connectivity index (χ3n) is 2.76. The van der Waals surface area contributed by atoms with Crippen molar-refractivity contribution >= 4 is 12.4 Å². The second-order valence-corrected chi connectivity index (χ2v) is 3.81. The molecule has 4 heteroatoms. The van der Waals surface area contributed by atoms with Crippen molar-refractivity contribution in [2.24, 2.45) is 0 Å². The molecule has 1 aliphatic heterocycles. The number of benzene rings is 1. The molecule has 2 rings (SSSR count). The third-order valence-corrected chi connectivity index (χ3v) is 2.76. The summed E-state index contributed by atoms with van der Waals surface area (Å²) < 4.78 is 10.7. The maximum absolute atomic E-state index is 5.44. The van der Waals surface area contributed by atoms with Crippen LogP contribution in [0.3, 0.4) is 0 Å². The van der Waals surface area contributed by atoms with Crippen LogP contribution >= 0.6 is 12.4 Å². The maximum Gasteiger partial charge on any atom is 0.122 e. The molecule has 0 saturated carbocycles. The standard InChI is InChI=1S/C12H17NO2.ClH/c1-9-3-4-10(7-12(9)14-2)11-8-15-6-5-13-11;/h3-4,7,11,13H,5-6,8H2,1-2H3;1H/t11-;/m0./s1. The molecule has 1 saturated heterocycles. The first-order valence-electron chi connectivity index (χ1n) is 5.27. The van der Waals surface area contributed by atoms with E-state index in [0.29, 0.717) is 6.04 Å². The van der Waals surface area contributed by atoms with Gasteiger partial charge < -0.3 is 14.8 Å². The highest BCUT2D eigenvalue weighted by molar-refractivity contribution is 5.85. The average molecular weight is 244 g/mol. The van der Waals surface area contributed by atoms with Gasteiger partial charge in [0.25, 0.3) is 0 Å². The van der Waals surface area contributed by atoms with E-state index in [9.17, 15) is 0 Å². The van der Waals surface area contributed by atoms with Crippen LogP contribution in [0.2, 0.25) is 0 Å². The van der Waals surface area contributed by atoms with E-state index in [-0.39, 0.29) is 12.4 Å². The van der Waals surface area contributed by atoms with Gasteiger partial charge in [0.05, 0.1) is 26.4 Å². The molecule has 1 aromatic rings. The topological polar surface area (TPSA) is 30.5 Å². The van der Waals surface area contributed by atoms with E-state index >= 15 is 0 Å². The highest BCUT2D eigenvalue weighted by Gasteiger charge is 2.15. The summed E-state index contributed by atoms with van der Waals surface area (Å²) in [5.74, 6) is 0.944. The van der Waals surface area contributed by atoms with Gasteiger partial charge in [0.1, 0.15) is 5.75 Å². The van der Waals surface area contributed by atoms with Gasteiger partial charge in [-0.1, -0.05) is 12.1 Å². The van der Waals surface area contributed by atoms with Crippen molar-refractivity contribution in [3.63, 3.8) is 0 Å². The number of nitrogens with one attached hydrogen (secondary N) is 1. The minimum Gasteiger partial charge on any atom is -0.496 e. The van der Waals surface area contributed by atoms with E-state index in [0.717, 1.165) is 31.1 Å². The fourth-order valence-electron chi connectivity index (χ4n) is 1.83. The van der Waals surface area contributed by atoms with Crippen molar-refractivity contribution in [3.8, 4) is 5.75 Å². The summed E-state index contributed by atoms with van der Waals surface area (Å²) in [4.78, 5) is 0. The minimum atomic E-state index is 0.